The first-order chi connectivity index (χ1) is 11.9. The van der Waals surface area contributed by atoms with E-state index in [4.69, 9.17) is 4.74 Å². The molecule has 0 saturated carbocycles. The van der Waals surface area contributed by atoms with E-state index in [1.807, 2.05) is 0 Å². The third-order valence-corrected chi connectivity index (χ3v) is 7.80. The number of carbonyl (C=O) groups is 1. The molecule has 1 aromatic rings. The van der Waals surface area contributed by atoms with E-state index in [1.165, 1.54) is 17.8 Å². The zero-order valence-corrected chi connectivity index (χ0v) is 14.9. The van der Waals surface area contributed by atoms with Crippen molar-refractivity contribution < 1.29 is 22.3 Å². The standard InChI is InChI=1S/C16H17FN2O4S2/c17-10-4-1-2-5-11(10)19-12-8-25(21,22)9-14(12)24-16(19)18-15(20)13-6-3-7-23-13/h1-2,4-5,12-14H,3,6-9H2/t12-,13+,14-/m0/s1. The highest BCUT2D eigenvalue weighted by molar-refractivity contribution is 8.16. The Balaban J connectivity index is 1.71. The van der Waals surface area contributed by atoms with Crippen LogP contribution >= 0.6 is 11.8 Å². The lowest BCUT2D eigenvalue weighted by molar-refractivity contribution is -0.126. The maximum absolute atomic E-state index is 14.3. The minimum absolute atomic E-state index is 0.0143. The number of aliphatic imine (C=N–C) groups is 1. The summed E-state index contributed by atoms with van der Waals surface area (Å²) in [5.74, 6) is -0.901. The van der Waals surface area contributed by atoms with Gasteiger partial charge in [0.15, 0.2) is 15.0 Å². The molecule has 0 radical (unpaired) electrons. The predicted octanol–water partition coefficient (Wildman–Crippen LogP) is 1.61. The maximum atomic E-state index is 14.3. The van der Waals surface area contributed by atoms with Crippen LogP contribution in [0.5, 0.6) is 0 Å². The van der Waals surface area contributed by atoms with Gasteiger partial charge in [-0.15, -0.1) is 0 Å². The van der Waals surface area contributed by atoms with Gasteiger partial charge < -0.3 is 9.64 Å². The number of hydrogen-bond acceptors (Lipinski definition) is 5. The second-order valence-corrected chi connectivity index (χ2v) is 9.72. The van der Waals surface area contributed by atoms with E-state index in [1.54, 1.807) is 23.1 Å². The number of amides is 1. The number of benzene rings is 1. The molecule has 0 bridgehead atoms. The number of anilines is 1. The van der Waals surface area contributed by atoms with Gasteiger partial charge in [0.2, 0.25) is 0 Å². The van der Waals surface area contributed by atoms with Crippen LogP contribution in [0.1, 0.15) is 12.8 Å². The molecule has 4 rings (SSSR count). The number of sulfone groups is 1. The van der Waals surface area contributed by atoms with Gasteiger partial charge in [-0.3, -0.25) is 4.79 Å². The van der Waals surface area contributed by atoms with Crippen molar-refractivity contribution in [2.75, 3.05) is 23.0 Å². The van der Waals surface area contributed by atoms with E-state index >= 15 is 0 Å². The minimum atomic E-state index is -3.18. The molecule has 3 saturated heterocycles. The van der Waals surface area contributed by atoms with Crippen LogP contribution in [-0.2, 0) is 19.4 Å². The number of rotatable bonds is 2. The molecule has 0 spiro atoms. The Labute approximate surface area is 149 Å². The first kappa shape index (κ1) is 17.0. The summed E-state index contributed by atoms with van der Waals surface area (Å²) in [6.45, 7) is 0.537. The van der Waals surface area contributed by atoms with Gasteiger partial charge >= 0.3 is 0 Å². The molecule has 3 aliphatic heterocycles. The monoisotopic (exact) mass is 384 g/mol. The van der Waals surface area contributed by atoms with Crippen molar-refractivity contribution in [1.82, 2.24) is 0 Å². The third kappa shape index (κ3) is 3.20. The summed E-state index contributed by atoms with van der Waals surface area (Å²) >= 11 is 1.24. The Morgan fingerprint density at radius 1 is 1.32 bits per heavy atom. The molecule has 3 fully saturated rings. The minimum Gasteiger partial charge on any atom is -0.368 e. The lowest BCUT2D eigenvalue weighted by atomic mass is 10.2. The Kier molecular flexibility index (Phi) is 4.33. The molecule has 0 aliphatic carbocycles. The Hall–Kier alpha value is -1.45. The largest absolute Gasteiger partial charge is 0.368 e. The lowest BCUT2D eigenvalue weighted by Crippen LogP contribution is -2.38. The van der Waals surface area contributed by atoms with Crippen LogP contribution in [0, 0.1) is 5.82 Å². The fourth-order valence-corrected chi connectivity index (χ4v) is 7.34. The number of amidine groups is 1. The zero-order chi connectivity index (χ0) is 17.6. The Bertz CT molecular complexity index is 836. The SMILES string of the molecule is O=C(N=C1S[C@H]2CS(=O)(=O)C[C@@H]2N1c1ccccc1F)[C@H]1CCCO1. The van der Waals surface area contributed by atoms with E-state index in [-0.39, 0.29) is 28.4 Å². The Morgan fingerprint density at radius 2 is 2.12 bits per heavy atom. The first-order valence-corrected chi connectivity index (χ1v) is 10.8. The summed E-state index contributed by atoms with van der Waals surface area (Å²) in [7, 11) is -3.18. The summed E-state index contributed by atoms with van der Waals surface area (Å²) < 4.78 is 43.7. The van der Waals surface area contributed by atoms with Crippen molar-refractivity contribution in [2.24, 2.45) is 4.99 Å². The second-order valence-electron chi connectivity index (χ2n) is 6.36. The molecule has 3 atom stereocenters. The smallest absolute Gasteiger partial charge is 0.277 e. The molecule has 0 N–H and O–H groups in total. The molecule has 6 nitrogen and oxygen atoms in total. The molecule has 9 heteroatoms. The number of thioether (sulfide) groups is 1. The Morgan fingerprint density at radius 3 is 2.84 bits per heavy atom. The van der Waals surface area contributed by atoms with Gasteiger partial charge in [0.25, 0.3) is 5.91 Å². The average molecular weight is 384 g/mol. The summed E-state index contributed by atoms with van der Waals surface area (Å²) in [5.41, 5.74) is 0.249. The zero-order valence-electron chi connectivity index (χ0n) is 13.3. The molecule has 1 amide bonds. The van der Waals surface area contributed by atoms with Gasteiger partial charge in [0, 0.05) is 11.9 Å². The van der Waals surface area contributed by atoms with Crippen molar-refractivity contribution in [3.8, 4) is 0 Å². The topological polar surface area (TPSA) is 76.0 Å². The number of ether oxygens (including phenoxy) is 1. The van der Waals surface area contributed by atoms with Crippen molar-refractivity contribution >= 4 is 38.4 Å². The molecule has 1 aromatic carbocycles. The first-order valence-electron chi connectivity index (χ1n) is 8.09. The van der Waals surface area contributed by atoms with Crippen LogP contribution in [0.2, 0.25) is 0 Å². The van der Waals surface area contributed by atoms with Gasteiger partial charge in [0.05, 0.1) is 23.2 Å². The van der Waals surface area contributed by atoms with E-state index in [0.29, 0.717) is 18.2 Å². The quantitative estimate of drug-likeness (QED) is 0.771. The maximum Gasteiger partial charge on any atom is 0.277 e. The number of carbonyl (C=O) groups excluding carboxylic acids is 1. The van der Waals surface area contributed by atoms with Crippen LogP contribution in [0.4, 0.5) is 10.1 Å². The van der Waals surface area contributed by atoms with Gasteiger partial charge in [0.1, 0.15) is 11.9 Å². The normalized spacial score (nSPS) is 32.3. The number of fused-ring (bicyclic) bond motifs is 1. The number of para-hydroxylation sites is 1. The van der Waals surface area contributed by atoms with E-state index in [2.05, 4.69) is 4.99 Å². The highest BCUT2D eigenvalue weighted by Crippen LogP contribution is 2.41. The van der Waals surface area contributed by atoms with Crippen LogP contribution in [0.25, 0.3) is 0 Å². The average Bonchev–Trinajstić information content (AvgIpc) is 3.23. The fourth-order valence-electron chi connectivity index (χ4n) is 3.43. The van der Waals surface area contributed by atoms with Crippen molar-refractivity contribution in [2.45, 2.75) is 30.2 Å². The summed E-state index contributed by atoms with van der Waals surface area (Å²) in [4.78, 5) is 18.1. The van der Waals surface area contributed by atoms with Crippen LogP contribution < -0.4 is 4.90 Å². The lowest BCUT2D eigenvalue weighted by Gasteiger charge is -2.25. The van der Waals surface area contributed by atoms with Gasteiger partial charge in [-0.1, -0.05) is 23.9 Å². The molecular formula is C16H17FN2O4S2. The third-order valence-electron chi connectivity index (χ3n) is 4.59. The number of halogens is 1. The van der Waals surface area contributed by atoms with E-state index in [0.717, 1.165) is 6.42 Å². The van der Waals surface area contributed by atoms with Gasteiger partial charge in [-0.25, -0.2) is 12.8 Å². The van der Waals surface area contributed by atoms with E-state index in [9.17, 15) is 17.6 Å². The van der Waals surface area contributed by atoms with Crippen LogP contribution in [-0.4, -0.2) is 55.0 Å². The summed E-state index contributed by atoms with van der Waals surface area (Å²) in [6.07, 6.45) is 0.885. The molecule has 0 unspecified atom stereocenters. The predicted molar refractivity (Wildman–Crippen MR) is 94.1 cm³/mol. The summed E-state index contributed by atoms with van der Waals surface area (Å²) in [6, 6.07) is 5.73. The van der Waals surface area contributed by atoms with E-state index < -0.39 is 27.8 Å². The molecule has 3 heterocycles. The molecule has 3 aliphatic rings. The van der Waals surface area contributed by atoms with Gasteiger partial charge in [-0.2, -0.15) is 4.99 Å². The molecule has 134 valence electrons. The highest BCUT2D eigenvalue weighted by atomic mass is 32.2. The van der Waals surface area contributed by atoms with Crippen molar-refractivity contribution in [3.05, 3.63) is 30.1 Å². The van der Waals surface area contributed by atoms with Crippen LogP contribution in [0.3, 0.4) is 0 Å². The number of hydrogen-bond donors (Lipinski definition) is 0. The number of nitrogens with zero attached hydrogens (tertiary/aromatic N) is 2. The van der Waals surface area contributed by atoms with Crippen molar-refractivity contribution in [1.29, 1.82) is 0 Å². The molecular weight excluding hydrogens is 367 g/mol. The summed E-state index contributed by atoms with van der Waals surface area (Å²) in [5, 5.41) is 0.108. The highest BCUT2D eigenvalue weighted by Gasteiger charge is 2.50. The molecule has 25 heavy (non-hydrogen) atoms. The van der Waals surface area contributed by atoms with Gasteiger partial charge in [-0.05, 0) is 25.0 Å². The second kappa shape index (κ2) is 6.37. The molecule has 0 aromatic heterocycles. The van der Waals surface area contributed by atoms with Crippen LogP contribution in [0.15, 0.2) is 29.3 Å². The fraction of sp³-hybridized carbons (Fsp3) is 0.500. The van der Waals surface area contributed by atoms with Crippen molar-refractivity contribution in [3.63, 3.8) is 0 Å².